The molecule has 1 atom stereocenters. The van der Waals surface area contributed by atoms with Crippen molar-refractivity contribution in [1.82, 2.24) is 5.32 Å². The molecule has 1 N–H and O–H groups in total. The SMILES string of the molecule is CC(C)CCOC(=O)[C@@H]1Cc2ccccc2CN1. The van der Waals surface area contributed by atoms with Crippen LogP contribution in [0.1, 0.15) is 31.4 Å². The first-order valence-electron chi connectivity index (χ1n) is 6.63. The zero-order chi connectivity index (χ0) is 13.0. The third-order valence-corrected chi connectivity index (χ3v) is 3.31. The highest BCUT2D eigenvalue weighted by atomic mass is 16.5. The lowest BCUT2D eigenvalue weighted by Crippen LogP contribution is -2.42. The van der Waals surface area contributed by atoms with Crippen LogP contribution >= 0.6 is 0 Å². The van der Waals surface area contributed by atoms with E-state index in [1.54, 1.807) is 0 Å². The van der Waals surface area contributed by atoms with Crippen molar-refractivity contribution >= 4 is 5.97 Å². The number of nitrogens with one attached hydrogen (secondary N) is 1. The largest absolute Gasteiger partial charge is 0.465 e. The number of rotatable bonds is 4. The molecule has 0 aliphatic carbocycles. The average Bonchev–Trinajstić information content (AvgIpc) is 2.37. The molecule has 3 heteroatoms. The van der Waals surface area contributed by atoms with Crippen LogP contribution in [0.3, 0.4) is 0 Å². The minimum Gasteiger partial charge on any atom is -0.465 e. The molecule has 1 aliphatic heterocycles. The second kappa shape index (κ2) is 6.01. The van der Waals surface area contributed by atoms with Gasteiger partial charge in [0.1, 0.15) is 6.04 Å². The molecule has 3 nitrogen and oxygen atoms in total. The smallest absolute Gasteiger partial charge is 0.323 e. The molecule has 1 aromatic carbocycles. The predicted molar refractivity (Wildman–Crippen MR) is 71.2 cm³/mol. The molecular weight excluding hydrogens is 226 g/mol. The lowest BCUT2D eigenvalue weighted by molar-refractivity contribution is -0.146. The van der Waals surface area contributed by atoms with Gasteiger partial charge in [-0.15, -0.1) is 0 Å². The third kappa shape index (κ3) is 3.33. The van der Waals surface area contributed by atoms with Crippen LogP contribution in [0.5, 0.6) is 0 Å². The molecule has 2 rings (SSSR count). The quantitative estimate of drug-likeness (QED) is 0.830. The molecule has 0 spiro atoms. The number of hydrogen-bond donors (Lipinski definition) is 1. The molecule has 1 aliphatic rings. The Morgan fingerprint density at radius 3 is 2.83 bits per heavy atom. The summed E-state index contributed by atoms with van der Waals surface area (Å²) in [4.78, 5) is 11.9. The van der Waals surface area contributed by atoms with E-state index in [0.29, 0.717) is 12.5 Å². The molecule has 0 unspecified atom stereocenters. The topological polar surface area (TPSA) is 38.3 Å². The van der Waals surface area contributed by atoms with Crippen LogP contribution in [0, 0.1) is 5.92 Å². The zero-order valence-corrected chi connectivity index (χ0v) is 11.1. The maximum Gasteiger partial charge on any atom is 0.323 e. The fourth-order valence-corrected chi connectivity index (χ4v) is 2.12. The van der Waals surface area contributed by atoms with Gasteiger partial charge >= 0.3 is 5.97 Å². The van der Waals surface area contributed by atoms with Gasteiger partial charge < -0.3 is 10.1 Å². The summed E-state index contributed by atoms with van der Waals surface area (Å²) in [6, 6.07) is 8.05. The molecule has 1 aromatic rings. The fraction of sp³-hybridized carbons (Fsp3) is 0.533. The minimum atomic E-state index is -0.188. The Kier molecular flexibility index (Phi) is 4.37. The summed E-state index contributed by atoms with van der Waals surface area (Å²) in [5, 5.41) is 3.24. The molecular formula is C15H21NO2. The van der Waals surface area contributed by atoms with Gasteiger partial charge in [-0.3, -0.25) is 4.79 Å². The van der Waals surface area contributed by atoms with E-state index < -0.39 is 0 Å². The normalized spacial score (nSPS) is 18.5. The van der Waals surface area contributed by atoms with E-state index >= 15 is 0 Å². The molecule has 0 aromatic heterocycles. The van der Waals surface area contributed by atoms with Crippen molar-refractivity contribution in [2.45, 2.75) is 39.3 Å². The van der Waals surface area contributed by atoms with E-state index in [2.05, 4.69) is 31.3 Å². The van der Waals surface area contributed by atoms with E-state index in [0.717, 1.165) is 19.4 Å². The van der Waals surface area contributed by atoms with E-state index in [-0.39, 0.29) is 12.0 Å². The summed E-state index contributed by atoms with van der Waals surface area (Å²) >= 11 is 0. The van der Waals surface area contributed by atoms with E-state index in [1.807, 2.05) is 12.1 Å². The Bertz CT molecular complexity index is 415. The van der Waals surface area contributed by atoms with Crippen LogP contribution in [0.15, 0.2) is 24.3 Å². The van der Waals surface area contributed by atoms with Gasteiger partial charge in [0.25, 0.3) is 0 Å². The zero-order valence-electron chi connectivity index (χ0n) is 11.1. The summed E-state index contributed by atoms with van der Waals surface area (Å²) in [6.07, 6.45) is 1.66. The number of hydrogen-bond acceptors (Lipinski definition) is 3. The van der Waals surface area contributed by atoms with E-state index in [1.165, 1.54) is 11.1 Å². The third-order valence-electron chi connectivity index (χ3n) is 3.31. The van der Waals surface area contributed by atoms with Crippen molar-refractivity contribution in [2.75, 3.05) is 6.61 Å². The lowest BCUT2D eigenvalue weighted by atomic mass is 9.96. The first-order valence-corrected chi connectivity index (χ1v) is 6.63. The van der Waals surface area contributed by atoms with Gasteiger partial charge in [-0.05, 0) is 29.9 Å². The van der Waals surface area contributed by atoms with Crippen LogP contribution in [0.4, 0.5) is 0 Å². The predicted octanol–water partition coefficient (Wildman–Crippen LogP) is 2.29. The second-order valence-corrected chi connectivity index (χ2v) is 5.26. The fourth-order valence-electron chi connectivity index (χ4n) is 2.12. The second-order valence-electron chi connectivity index (χ2n) is 5.26. The molecule has 0 bridgehead atoms. The van der Waals surface area contributed by atoms with Gasteiger partial charge in [-0.25, -0.2) is 0 Å². The van der Waals surface area contributed by atoms with Crippen molar-refractivity contribution in [3.63, 3.8) is 0 Å². The van der Waals surface area contributed by atoms with Gasteiger partial charge in [0, 0.05) is 6.54 Å². The number of carbonyl (C=O) groups excluding carboxylic acids is 1. The molecule has 0 radical (unpaired) electrons. The summed E-state index contributed by atoms with van der Waals surface area (Å²) in [6.45, 7) is 5.53. The van der Waals surface area contributed by atoms with Crippen molar-refractivity contribution in [3.05, 3.63) is 35.4 Å². The lowest BCUT2D eigenvalue weighted by Gasteiger charge is -2.24. The molecule has 0 saturated carbocycles. The van der Waals surface area contributed by atoms with Gasteiger partial charge in [-0.2, -0.15) is 0 Å². The maximum absolute atomic E-state index is 11.9. The maximum atomic E-state index is 11.9. The number of carbonyl (C=O) groups is 1. The van der Waals surface area contributed by atoms with Gasteiger partial charge in [0.2, 0.25) is 0 Å². The Morgan fingerprint density at radius 1 is 1.39 bits per heavy atom. The van der Waals surface area contributed by atoms with Crippen LogP contribution < -0.4 is 5.32 Å². The Morgan fingerprint density at radius 2 is 2.11 bits per heavy atom. The number of benzene rings is 1. The van der Waals surface area contributed by atoms with E-state index in [4.69, 9.17) is 4.74 Å². The Balaban J connectivity index is 1.87. The number of fused-ring (bicyclic) bond motifs is 1. The minimum absolute atomic E-state index is 0.120. The summed E-state index contributed by atoms with van der Waals surface area (Å²) in [5.74, 6) is 0.447. The van der Waals surface area contributed by atoms with Crippen LogP contribution in [0.2, 0.25) is 0 Å². The highest BCUT2D eigenvalue weighted by Gasteiger charge is 2.24. The van der Waals surface area contributed by atoms with Gasteiger partial charge in [-0.1, -0.05) is 38.1 Å². The van der Waals surface area contributed by atoms with Crippen molar-refractivity contribution in [3.8, 4) is 0 Å². The van der Waals surface area contributed by atoms with Crippen LogP contribution in [-0.4, -0.2) is 18.6 Å². The molecule has 98 valence electrons. The highest BCUT2D eigenvalue weighted by Crippen LogP contribution is 2.16. The van der Waals surface area contributed by atoms with Crippen molar-refractivity contribution in [1.29, 1.82) is 0 Å². The first-order chi connectivity index (χ1) is 8.66. The average molecular weight is 247 g/mol. The molecule has 1 heterocycles. The summed E-state index contributed by atoms with van der Waals surface area (Å²) in [5.41, 5.74) is 2.53. The van der Waals surface area contributed by atoms with Crippen LogP contribution in [-0.2, 0) is 22.5 Å². The van der Waals surface area contributed by atoms with Crippen molar-refractivity contribution in [2.24, 2.45) is 5.92 Å². The molecule has 0 amide bonds. The molecule has 0 saturated heterocycles. The van der Waals surface area contributed by atoms with Gasteiger partial charge in [0.15, 0.2) is 0 Å². The van der Waals surface area contributed by atoms with Crippen LogP contribution in [0.25, 0.3) is 0 Å². The first kappa shape index (κ1) is 13.1. The standard InChI is InChI=1S/C15H21NO2/c1-11(2)7-8-18-15(17)14-9-12-5-3-4-6-13(12)10-16-14/h3-6,11,14,16H,7-10H2,1-2H3/t14-/m0/s1. The number of ether oxygens (including phenoxy) is 1. The van der Waals surface area contributed by atoms with E-state index in [9.17, 15) is 4.79 Å². The Labute approximate surface area is 109 Å². The molecule has 0 fully saturated rings. The monoisotopic (exact) mass is 247 g/mol. The summed E-state index contributed by atoms with van der Waals surface area (Å²) < 4.78 is 5.31. The Hall–Kier alpha value is -1.35. The van der Waals surface area contributed by atoms with Crippen molar-refractivity contribution < 1.29 is 9.53 Å². The number of esters is 1. The van der Waals surface area contributed by atoms with Gasteiger partial charge in [0.05, 0.1) is 6.61 Å². The highest BCUT2D eigenvalue weighted by molar-refractivity contribution is 5.76. The molecule has 18 heavy (non-hydrogen) atoms. The summed E-state index contributed by atoms with van der Waals surface area (Å²) in [7, 11) is 0.